The van der Waals surface area contributed by atoms with Gasteiger partial charge in [0.05, 0.1) is 17.8 Å². The van der Waals surface area contributed by atoms with Gasteiger partial charge < -0.3 is 4.74 Å². The van der Waals surface area contributed by atoms with Crippen molar-refractivity contribution in [3.8, 4) is 11.8 Å². The van der Waals surface area contributed by atoms with Crippen LogP contribution in [-0.2, 0) is 6.42 Å². The molecule has 0 aliphatic rings. The predicted molar refractivity (Wildman–Crippen MR) is 74.9 cm³/mol. The SMILES string of the molecule is Cc1ncsc1CCOc1cccc(Br)c1C#N. The third-order valence-electron chi connectivity index (χ3n) is 2.52. The molecule has 0 atom stereocenters. The lowest BCUT2D eigenvalue weighted by Gasteiger charge is -2.08. The fraction of sp³-hybridized carbons (Fsp3) is 0.231. The topological polar surface area (TPSA) is 45.9 Å². The number of rotatable bonds is 4. The molecule has 0 spiro atoms. The average molecular weight is 323 g/mol. The molecule has 0 aliphatic carbocycles. The van der Waals surface area contributed by atoms with Crippen LogP contribution in [0.4, 0.5) is 0 Å². The number of ether oxygens (including phenoxy) is 1. The first-order chi connectivity index (χ1) is 8.72. The third-order valence-corrected chi connectivity index (χ3v) is 4.17. The van der Waals surface area contributed by atoms with E-state index < -0.39 is 0 Å². The maximum absolute atomic E-state index is 9.06. The second-order valence-corrected chi connectivity index (χ2v) is 5.48. The fourth-order valence-corrected chi connectivity index (χ4v) is 2.75. The number of nitriles is 1. The second kappa shape index (κ2) is 5.98. The monoisotopic (exact) mass is 322 g/mol. The van der Waals surface area contributed by atoms with Gasteiger partial charge >= 0.3 is 0 Å². The van der Waals surface area contributed by atoms with Crippen LogP contribution < -0.4 is 4.74 Å². The van der Waals surface area contributed by atoms with Crippen molar-refractivity contribution < 1.29 is 4.74 Å². The molecule has 0 radical (unpaired) electrons. The molecule has 1 heterocycles. The molecule has 0 fully saturated rings. The second-order valence-electron chi connectivity index (χ2n) is 3.68. The molecule has 2 aromatic rings. The van der Waals surface area contributed by atoms with E-state index in [2.05, 4.69) is 27.0 Å². The number of aromatic nitrogens is 1. The molecule has 1 aromatic heterocycles. The highest BCUT2D eigenvalue weighted by Crippen LogP contribution is 2.26. The molecule has 3 nitrogen and oxygen atoms in total. The highest BCUT2D eigenvalue weighted by molar-refractivity contribution is 9.10. The Bertz CT molecular complexity index is 589. The van der Waals surface area contributed by atoms with Gasteiger partial charge in [0.15, 0.2) is 0 Å². The number of hydrogen-bond acceptors (Lipinski definition) is 4. The van der Waals surface area contributed by atoms with Gasteiger partial charge in [0.2, 0.25) is 0 Å². The molecule has 0 unspecified atom stereocenters. The summed E-state index contributed by atoms with van der Waals surface area (Å²) >= 11 is 4.97. The fourth-order valence-electron chi connectivity index (χ4n) is 1.55. The number of nitrogens with zero attached hydrogens (tertiary/aromatic N) is 2. The number of hydrogen-bond donors (Lipinski definition) is 0. The van der Waals surface area contributed by atoms with Gasteiger partial charge in [0.1, 0.15) is 17.4 Å². The first-order valence-electron chi connectivity index (χ1n) is 5.42. The Kier molecular flexibility index (Phi) is 4.34. The maximum Gasteiger partial charge on any atom is 0.138 e. The van der Waals surface area contributed by atoms with Crippen LogP contribution in [0, 0.1) is 18.3 Å². The van der Waals surface area contributed by atoms with E-state index in [4.69, 9.17) is 10.00 Å². The molecule has 18 heavy (non-hydrogen) atoms. The first kappa shape index (κ1) is 13.1. The maximum atomic E-state index is 9.06. The molecule has 1 aromatic carbocycles. The summed E-state index contributed by atoms with van der Waals surface area (Å²) in [6.45, 7) is 2.54. The van der Waals surface area contributed by atoms with E-state index in [0.29, 0.717) is 17.9 Å². The molecular weight excluding hydrogens is 312 g/mol. The summed E-state index contributed by atoms with van der Waals surface area (Å²) in [7, 11) is 0. The molecule has 92 valence electrons. The van der Waals surface area contributed by atoms with Gasteiger partial charge in [-0.3, -0.25) is 0 Å². The molecule has 5 heteroatoms. The van der Waals surface area contributed by atoms with Crippen LogP contribution in [0.1, 0.15) is 16.1 Å². The van der Waals surface area contributed by atoms with E-state index >= 15 is 0 Å². The van der Waals surface area contributed by atoms with E-state index in [0.717, 1.165) is 16.6 Å². The van der Waals surface area contributed by atoms with Crippen molar-refractivity contribution in [2.75, 3.05) is 6.61 Å². The van der Waals surface area contributed by atoms with Crippen LogP contribution in [0.2, 0.25) is 0 Å². The average Bonchev–Trinajstić information content (AvgIpc) is 2.75. The Morgan fingerprint density at radius 2 is 2.33 bits per heavy atom. The number of halogens is 1. The van der Waals surface area contributed by atoms with Crippen molar-refractivity contribution in [1.82, 2.24) is 4.98 Å². The van der Waals surface area contributed by atoms with E-state index in [1.165, 1.54) is 4.88 Å². The molecule has 0 saturated carbocycles. The van der Waals surface area contributed by atoms with Crippen LogP contribution in [0.5, 0.6) is 5.75 Å². The summed E-state index contributed by atoms with van der Waals surface area (Å²) in [6, 6.07) is 7.64. The zero-order chi connectivity index (χ0) is 13.0. The van der Waals surface area contributed by atoms with Gasteiger partial charge in [0, 0.05) is 15.8 Å². The molecule has 0 amide bonds. The summed E-state index contributed by atoms with van der Waals surface area (Å²) in [5.74, 6) is 0.619. The van der Waals surface area contributed by atoms with E-state index in [1.807, 2.05) is 30.6 Å². The summed E-state index contributed by atoms with van der Waals surface area (Å²) < 4.78 is 6.42. The minimum atomic E-state index is 0.540. The number of benzene rings is 1. The standard InChI is InChI=1S/C13H11BrN2OS/c1-9-13(18-8-16-9)5-6-17-12-4-2-3-11(14)10(12)7-15/h2-4,8H,5-6H2,1H3. The van der Waals surface area contributed by atoms with Gasteiger partial charge in [-0.05, 0) is 35.0 Å². The van der Waals surface area contributed by atoms with Crippen molar-refractivity contribution in [2.45, 2.75) is 13.3 Å². The number of thiazole rings is 1. The number of aryl methyl sites for hydroxylation is 1. The van der Waals surface area contributed by atoms with Crippen LogP contribution in [0.3, 0.4) is 0 Å². The van der Waals surface area contributed by atoms with Gasteiger partial charge in [-0.25, -0.2) is 4.98 Å². The summed E-state index contributed by atoms with van der Waals surface area (Å²) in [5, 5.41) is 9.06. The Hall–Kier alpha value is -1.38. The van der Waals surface area contributed by atoms with E-state index in [1.54, 1.807) is 11.3 Å². The summed E-state index contributed by atoms with van der Waals surface area (Å²) in [5.41, 5.74) is 3.43. The van der Waals surface area contributed by atoms with Crippen molar-refractivity contribution in [3.63, 3.8) is 0 Å². The van der Waals surface area contributed by atoms with E-state index in [-0.39, 0.29) is 0 Å². The van der Waals surface area contributed by atoms with Crippen LogP contribution in [0.25, 0.3) is 0 Å². The Labute approximate surface area is 118 Å². The highest BCUT2D eigenvalue weighted by atomic mass is 79.9. The van der Waals surface area contributed by atoms with Gasteiger partial charge in [-0.1, -0.05) is 6.07 Å². The van der Waals surface area contributed by atoms with Crippen molar-refractivity contribution in [2.24, 2.45) is 0 Å². The summed E-state index contributed by atoms with van der Waals surface area (Å²) in [4.78, 5) is 5.42. The molecule has 2 rings (SSSR count). The highest BCUT2D eigenvalue weighted by Gasteiger charge is 2.07. The van der Waals surface area contributed by atoms with Crippen molar-refractivity contribution in [1.29, 1.82) is 5.26 Å². The molecule has 0 aliphatic heterocycles. The zero-order valence-corrected chi connectivity index (χ0v) is 12.2. The lowest BCUT2D eigenvalue weighted by molar-refractivity contribution is 0.321. The Morgan fingerprint density at radius 3 is 3.00 bits per heavy atom. The molecule has 0 bridgehead atoms. The minimum absolute atomic E-state index is 0.540. The van der Waals surface area contributed by atoms with Crippen molar-refractivity contribution in [3.05, 3.63) is 44.3 Å². The van der Waals surface area contributed by atoms with Gasteiger partial charge in [-0.15, -0.1) is 11.3 Å². The first-order valence-corrected chi connectivity index (χ1v) is 7.10. The smallest absolute Gasteiger partial charge is 0.138 e. The van der Waals surface area contributed by atoms with E-state index in [9.17, 15) is 0 Å². The quantitative estimate of drug-likeness (QED) is 0.862. The third kappa shape index (κ3) is 2.89. The largest absolute Gasteiger partial charge is 0.492 e. The van der Waals surface area contributed by atoms with Crippen LogP contribution in [0.15, 0.2) is 28.2 Å². The lowest BCUT2D eigenvalue weighted by atomic mass is 10.2. The molecule has 0 saturated heterocycles. The van der Waals surface area contributed by atoms with Gasteiger partial charge in [-0.2, -0.15) is 5.26 Å². The zero-order valence-electron chi connectivity index (χ0n) is 9.81. The van der Waals surface area contributed by atoms with Crippen LogP contribution >= 0.6 is 27.3 Å². The lowest BCUT2D eigenvalue weighted by Crippen LogP contribution is -2.02. The Balaban J connectivity index is 2.01. The summed E-state index contributed by atoms with van der Waals surface area (Å²) in [6.07, 6.45) is 0.813. The van der Waals surface area contributed by atoms with Gasteiger partial charge in [0.25, 0.3) is 0 Å². The molecular formula is C13H11BrN2OS. The molecule has 0 N–H and O–H groups in total. The normalized spacial score (nSPS) is 10.1. The Morgan fingerprint density at radius 1 is 1.50 bits per heavy atom. The van der Waals surface area contributed by atoms with Crippen LogP contribution in [-0.4, -0.2) is 11.6 Å². The predicted octanol–water partition coefficient (Wildman–Crippen LogP) is 3.71. The van der Waals surface area contributed by atoms with Crippen molar-refractivity contribution >= 4 is 27.3 Å². The minimum Gasteiger partial charge on any atom is -0.492 e.